The molecule has 0 atom stereocenters. The summed E-state index contributed by atoms with van der Waals surface area (Å²) in [7, 11) is 0. The lowest BCUT2D eigenvalue weighted by Crippen LogP contribution is -1.77. The van der Waals surface area contributed by atoms with Crippen molar-refractivity contribution in [2.75, 3.05) is 6.26 Å². The third-order valence-electron chi connectivity index (χ3n) is 2.75. The number of hydrogen-bond donors (Lipinski definition) is 0. The van der Waals surface area contributed by atoms with E-state index in [1.54, 1.807) is 0 Å². The summed E-state index contributed by atoms with van der Waals surface area (Å²) in [6.07, 6.45) is 2.15. The van der Waals surface area contributed by atoms with Crippen LogP contribution in [0.15, 0.2) is 42.5 Å². The summed E-state index contributed by atoms with van der Waals surface area (Å²) in [6.45, 7) is 0. The van der Waals surface area contributed by atoms with Crippen LogP contribution in [0.3, 0.4) is 0 Å². The van der Waals surface area contributed by atoms with Gasteiger partial charge in [0.15, 0.2) is 0 Å². The molecule has 16 heavy (non-hydrogen) atoms. The standard InChI is InChI=1S/C14H12S2/c1-15-9-10-6-7-12-11-4-2-3-5-13(11)16-14(12)8-10/h2-8H,9H2,1H3. The minimum absolute atomic E-state index is 1.10. The molecule has 0 nitrogen and oxygen atoms in total. The monoisotopic (exact) mass is 244 g/mol. The molecule has 0 spiro atoms. The molecule has 0 saturated carbocycles. The molecular weight excluding hydrogens is 232 g/mol. The van der Waals surface area contributed by atoms with E-state index in [2.05, 4.69) is 48.7 Å². The first-order valence-electron chi connectivity index (χ1n) is 5.27. The van der Waals surface area contributed by atoms with E-state index < -0.39 is 0 Å². The van der Waals surface area contributed by atoms with Crippen LogP contribution in [0.25, 0.3) is 20.2 Å². The Kier molecular flexibility index (Phi) is 2.62. The molecule has 0 amide bonds. The highest BCUT2D eigenvalue weighted by Crippen LogP contribution is 2.34. The molecule has 0 unspecified atom stereocenters. The van der Waals surface area contributed by atoms with E-state index in [1.165, 1.54) is 25.7 Å². The number of rotatable bonds is 2. The molecule has 0 N–H and O–H groups in total. The lowest BCUT2D eigenvalue weighted by Gasteiger charge is -1.97. The van der Waals surface area contributed by atoms with Crippen molar-refractivity contribution in [3.63, 3.8) is 0 Å². The van der Waals surface area contributed by atoms with Gasteiger partial charge < -0.3 is 0 Å². The van der Waals surface area contributed by atoms with Crippen molar-refractivity contribution >= 4 is 43.3 Å². The highest BCUT2D eigenvalue weighted by atomic mass is 32.2. The number of fused-ring (bicyclic) bond motifs is 3. The van der Waals surface area contributed by atoms with Crippen LogP contribution in [-0.2, 0) is 5.75 Å². The van der Waals surface area contributed by atoms with Crippen LogP contribution in [0.1, 0.15) is 5.56 Å². The van der Waals surface area contributed by atoms with E-state index in [0.717, 1.165) is 5.75 Å². The summed E-state index contributed by atoms with van der Waals surface area (Å²) in [6, 6.07) is 15.5. The predicted octanol–water partition coefficient (Wildman–Crippen LogP) is 4.92. The Morgan fingerprint density at radius 1 is 1.00 bits per heavy atom. The van der Waals surface area contributed by atoms with E-state index in [0.29, 0.717) is 0 Å². The van der Waals surface area contributed by atoms with Crippen molar-refractivity contribution in [3.05, 3.63) is 48.0 Å². The molecule has 1 aromatic heterocycles. The van der Waals surface area contributed by atoms with E-state index in [-0.39, 0.29) is 0 Å². The molecule has 3 rings (SSSR count). The maximum absolute atomic E-state index is 2.33. The fraction of sp³-hybridized carbons (Fsp3) is 0.143. The number of hydrogen-bond acceptors (Lipinski definition) is 2. The second kappa shape index (κ2) is 4.11. The maximum Gasteiger partial charge on any atom is 0.0358 e. The van der Waals surface area contributed by atoms with Crippen molar-refractivity contribution in [2.45, 2.75) is 5.75 Å². The molecule has 2 heteroatoms. The molecule has 0 aliphatic carbocycles. The van der Waals surface area contributed by atoms with Gasteiger partial charge in [0.05, 0.1) is 0 Å². The van der Waals surface area contributed by atoms with Crippen molar-refractivity contribution < 1.29 is 0 Å². The smallest absolute Gasteiger partial charge is 0.0358 e. The quantitative estimate of drug-likeness (QED) is 0.616. The topological polar surface area (TPSA) is 0 Å². The fourth-order valence-electron chi connectivity index (χ4n) is 2.03. The zero-order chi connectivity index (χ0) is 11.0. The van der Waals surface area contributed by atoms with Gasteiger partial charge in [0.1, 0.15) is 0 Å². The molecule has 3 aromatic rings. The molecule has 0 aliphatic heterocycles. The van der Waals surface area contributed by atoms with Gasteiger partial charge in [-0.1, -0.05) is 30.3 Å². The Labute approximate surface area is 103 Å². The highest BCUT2D eigenvalue weighted by molar-refractivity contribution is 7.97. The van der Waals surface area contributed by atoms with Gasteiger partial charge in [-0.2, -0.15) is 11.8 Å². The first kappa shape index (κ1) is 10.2. The summed E-state index contributed by atoms with van der Waals surface area (Å²) in [5.74, 6) is 1.10. The van der Waals surface area contributed by atoms with Crippen LogP contribution in [0.5, 0.6) is 0 Å². The zero-order valence-corrected chi connectivity index (χ0v) is 10.7. The highest BCUT2D eigenvalue weighted by Gasteiger charge is 2.04. The van der Waals surface area contributed by atoms with Crippen molar-refractivity contribution in [3.8, 4) is 0 Å². The Bertz CT molecular complexity index is 637. The fourth-order valence-corrected chi connectivity index (χ4v) is 3.71. The van der Waals surface area contributed by atoms with E-state index in [9.17, 15) is 0 Å². The average Bonchev–Trinajstić information content (AvgIpc) is 2.67. The molecule has 0 radical (unpaired) electrons. The number of thiophene rings is 1. The maximum atomic E-state index is 2.33. The van der Waals surface area contributed by atoms with Gasteiger partial charge in [-0.15, -0.1) is 11.3 Å². The molecule has 1 heterocycles. The van der Waals surface area contributed by atoms with Gasteiger partial charge in [0.25, 0.3) is 0 Å². The van der Waals surface area contributed by atoms with Crippen LogP contribution in [0, 0.1) is 0 Å². The second-order valence-electron chi connectivity index (χ2n) is 3.86. The van der Waals surface area contributed by atoms with E-state index in [1.807, 2.05) is 23.1 Å². The number of benzene rings is 2. The molecule has 0 aliphatic rings. The van der Waals surface area contributed by atoms with Gasteiger partial charge in [0.2, 0.25) is 0 Å². The lowest BCUT2D eigenvalue weighted by atomic mass is 10.1. The Hall–Kier alpha value is -0.990. The predicted molar refractivity (Wildman–Crippen MR) is 76.6 cm³/mol. The first-order chi connectivity index (χ1) is 7.88. The van der Waals surface area contributed by atoms with Crippen LogP contribution in [0.4, 0.5) is 0 Å². The normalized spacial score (nSPS) is 11.3. The third-order valence-corrected chi connectivity index (χ3v) is 4.51. The molecule has 0 fully saturated rings. The van der Waals surface area contributed by atoms with Crippen LogP contribution in [0.2, 0.25) is 0 Å². The molecule has 0 saturated heterocycles. The minimum Gasteiger partial charge on any atom is -0.161 e. The Morgan fingerprint density at radius 2 is 1.81 bits per heavy atom. The third kappa shape index (κ3) is 1.62. The molecule has 80 valence electrons. The second-order valence-corrected chi connectivity index (χ2v) is 5.81. The summed E-state index contributed by atoms with van der Waals surface area (Å²) in [5.41, 5.74) is 1.42. The van der Waals surface area contributed by atoms with E-state index in [4.69, 9.17) is 0 Å². The zero-order valence-electron chi connectivity index (χ0n) is 9.07. The van der Waals surface area contributed by atoms with Crippen LogP contribution >= 0.6 is 23.1 Å². The van der Waals surface area contributed by atoms with Crippen molar-refractivity contribution in [1.29, 1.82) is 0 Å². The van der Waals surface area contributed by atoms with Gasteiger partial charge in [0, 0.05) is 25.9 Å². The molecule has 2 aromatic carbocycles. The summed E-state index contributed by atoms with van der Waals surface area (Å²) < 4.78 is 2.80. The summed E-state index contributed by atoms with van der Waals surface area (Å²) >= 11 is 3.77. The lowest BCUT2D eigenvalue weighted by molar-refractivity contribution is 1.45. The van der Waals surface area contributed by atoms with Crippen LogP contribution in [-0.4, -0.2) is 6.26 Å². The van der Waals surface area contributed by atoms with Gasteiger partial charge in [-0.05, 0) is 24.0 Å². The van der Waals surface area contributed by atoms with Gasteiger partial charge >= 0.3 is 0 Å². The summed E-state index contributed by atoms with van der Waals surface area (Å²) in [4.78, 5) is 0. The molecule has 0 bridgehead atoms. The van der Waals surface area contributed by atoms with Crippen molar-refractivity contribution in [2.24, 2.45) is 0 Å². The average molecular weight is 244 g/mol. The summed E-state index contributed by atoms with van der Waals surface area (Å²) in [5, 5.41) is 2.78. The minimum atomic E-state index is 1.10. The first-order valence-corrected chi connectivity index (χ1v) is 7.48. The largest absolute Gasteiger partial charge is 0.161 e. The van der Waals surface area contributed by atoms with Gasteiger partial charge in [-0.25, -0.2) is 0 Å². The molecular formula is C14H12S2. The van der Waals surface area contributed by atoms with E-state index >= 15 is 0 Å². The SMILES string of the molecule is CSCc1ccc2c(c1)sc1ccccc12. The number of thioether (sulfide) groups is 1. The Morgan fingerprint density at radius 3 is 2.69 bits per heavy atom. The Balaban J connectivity index is 2.28. The van der Waals surface area contributed by atoms with Gasteiger partial charge in [-0.3, -0.25) is 0 Å². The van der Waals surface area contributed by atoms with Crippen molar-refractivity contribution in [1.82, 2.24) is 0 Å². The van der Waals surface area contributed by atoms with Crippen LogP contribution < -0.4 is 0 Å².